The van der Waals surface area contributed by atoms with Gasteiger partial charge in [-0.15, -0.1) is 11.8 Å². The molecule has 0 radical (unpaired) electrons. The van der Waals surface area contributed by atoms with E-state index in [1.807, 2.05) is 6.07 Å². The van der Waals surface area contributed by atoms with Crippen molar-refractivity contribution in [1.82, 2.24) is 4.72 Å². The highest BCUT2D eigenvalue weighted by Crippen LogP contribution is 2.15. The summed E-state index contributed by atoms with van der Waals surface area (Å²) in [6.07, 6.45) is 2.01. The highest BCUT2D eigenvalue weighted by molar-refractivity contribution is 8.00. The molecule has 0 heterocycles. The van der Waals surface area contributed by atoms with Crippen molar-refractivity contribution in [3.63, 3.8) is 0 Å². The van der Waals surface area contributed by atoms with Crippen molar-refractivity contribution in [2.24, 2.45) is 0 Å². The molecule has 114 valence electrons. The smallest absolute Gasteiger partial charge is 0.264 e. The van der Waals surface area contributed by atoms with E-state index in [-0.39, 0.29) is 10.5 Å². The highest BCUT2D eigenvalue weighted by atomic mass is 32.2. The van der Waals surface area contributed by atoms with Crippen LogP contribution in [0.15, 0.2) is 29.2 Å². The third kappa shape index (κ3) is 5.40. The van der Waals surface area contributed by atoms with Crippen molar-refractivity contribution in [3.05, 3.63) is 29.8 Å². The summed E-state index contributed by atoms with van der Waals surface area (Å²) in [5.74, 6) is 0.271. The minimum atomic E-state index is -3.93. The Labute approximate surface area is 129 Å². The number of rotatable bonds is 7. The van der Waals surface area contributed by atoms with Crippen molar-refractivity contribution < 1.29 is 13.2 Å². The Bertz CT molecular complexity index is 636. The quantitative estimate of drug-likeness (QED) is 0.777. The number of hydrogen-bond acceptors (Lipinski definition) is 5. The summed E-state index contributed by atoms with van der Waals surface area (Å²) in [4.78, 5) is 11.8. The normalized spacial score (nSPS) is 12.4. The summed E-state index contributed by atoms with van der Waals surface area (Å²) in [6, 6.07) is 7.44. The maximum atomic E-state index is 12.1. The van der Waals surface area contributed by atoms with Gasteiger partial charge in [0, 0.05) is 0 Å². The van der Waals surface area contributed by atoms with Crippen molar-refractivity contribution in [3.8, 4) is 6.07 Å². The number of carbonyl (C=O) groups excluding carboxylic acids is 1. The molecule has 5 nitrogen and oxygen atoms in total. The molecule has 1 amide bonds. The lowest BCUT2D eigenvalue weighted by Crippen LogP contribution is -2.36. The number of nitrogens with one attached hydrogen (secondary N) is 1. The van der Waals surface area contributed by atoms with Gasteiger partial charge in [-0.2, -0.15) is 5.26 Å². The zero-order chi connectivity index (χ0) is 15.9. The molecule has 0 aromatic heterocycles. The summed E-state index contributed by atoms with van der Waals surface area (Å²) in [6.45, 7) is 3.73. The van der Waals surface area contributed by atoms with E-state index in [0.717, 1.165) is 18.6 Å². The van der Waals surface area contributed by atoms with E-state index in [4.69, 9.17) is 5.26 Å². The minimum absolute atomic E-state index is 0.0827. The molecule has 0 saturated carbocycles. The molecule has 1 rings (SSSR count). The van der Waals surface area contributed by atoms with E-state index >= 15 is 0 Å². The van der Waals surface area contributed by atoms with Gasteiger partial charge in [0.2, 0.25) is 5.91 Å². The van der Waals surface area contributed by atoms with E-state index in [0.29, 0.717) is 0 Å². The van der Waals surface area contributed by atoms with Gasteiger partial charge in [0.05, 0.1) is 21.8 Å². The molecule has 0 spiro atoms. The fourth-order valence-corrected chi connectivity index (χ4v) is 3.68. The summed E-state index contributed by atoms with van der Waals surface area (Å²) in [5, 5.41) is 8.34. The largest absolute Gasteiger partial charge is 0.273 e. The molecular formula is C14H18N2O3S2. The van der Waals surface area contributed by atoms with Crippen molar-refractivity contribution in [2.75, 3.05) is 5.75 Å². The lowest BCUT2D eigenvalue weighted by atomic mass is 10.2. The van der Waals surface area contributed by atoms with Gasteiger partial charge in [0.1, 0.15) is 0 Å². The average Bonchev–Trinajstić information content (AvgIpc) is 2.47. The van der Waals surface area contributed by atoms with Gasteiger partial charge in [0.25, 0.3) is 10.0 Å². The first kappa shape index (κ1) is 17.5. The van der Waals surface area contributed by atoms with Gasteiger partial charge in [-0.25, -0.2) is 13.1 Å². The fraction of sp³-hybridized carbons (Fsp3) is 0.429. The number of unbranched alkanes of at least 4 members (excludes halogenated alkanes) is 1. The Hall–Kier alpha value is -1.52. The molecule has 0 fully saturated rings. The molecule has 0 aliphatic rings. The van der Waals surface area contributed by atoms with Gasteiger partial charge < -0.3 is 0 Å². The predicted molar refractivity (Wildman–Crippen MR) is 83.3 cm³/mol. The number of amides is 1. The maximum absolute atomic E-state index is 12.1. The van der Waals surface area contributed by atoms with E-state index in [1.165, 1.54) is 36.0 Å². The average molecular weight is 326 g/mol. The third-order valence-electron chi connectivity index (χ3n) is 2.74. The molecule has 7 heteroatoms. The molecule has 0 aliphatic carbocycles. The SMILES string of the molecule is CCCCS[C@@H](C)C(=O)NS(=O)(=O)c1cccc(C#N)c1. The monoisotopic (exact) mass is 326 g/mol. The molecule has 0 aliphatic heterocycles. The van der Waals surface area contributed by atoms with Crippen LogP contribution in [0.25, 0.3) is 0 Å². The maximum Gasteiger partial charge on any atom is 0.264 e. The van der Waals surface area contributed by atoms with Crippen LogP contribution >= 0.6 is 11.8 Å². The van der Waals surface area contributed by atoms with Gasteiger partial charge in [-0.3, -0.25) is 4.79 Å². The number of nitriles is 1. The molecule has 1 atom stereocenters. The Morgan fingerprint density at radius 1 is 1.48 bits per heavy atom. The van der Waals surface area contributed by atoms with Gasteiger partial charge in [0.15, 0.2) is 0 Å². The molecule has 21 heavy (non-hydrogen) atoms. The standard InChI is InChI=1S/C14H18N2O3S2/c1-3-4-8-20-11(2)14(17)16-21(18,19)13-7-5-6-12(9-13)10-15/h5-7,9,11H,3-4,8H2,1-2H3,(H,16,17)/t11-/m0/s1. The van der Waals surface area contributed by atoms with Gasteiger partial charge >= 0.3 is 0 Å². The molecule has 0 bridgehead atoms. The zero-order valence-electron chi connectivity index (χ0n) is 12.0. The Kier molecular flexibility index (Phi) is 6.72. The molecule has 0 unspecified atom stereocenters. The second-order valence-corrected chi connectivity index (χ2v) is 7.61. The Balaban J connectivity index is 2.75. The minimum Gasteiger partial charge on any atom is -0.273 e. The number of thioether (sulfide) groups is 1. The first-order chi connectivity index (χ1) is 9.90. The molecule has 1 N–H and O–H groups in total. The van der Waals surface area contributed by atoms with Crippen LogP contribution < -0.4 is 4.72 Å². The highest BCUT2D eigenvalue weighted by Gasteiger charge is 2.22. The van der Waals surface area contributed by atoms with Crippen molar-refractivity contribution in [1.29, 1.82) is 5.26 Å². The van der Waals surface area contributed by atoms with E-state index in [2.05, 4.69) is 11.6 Å². The van der Waals surface area contributed by atoms with Crippen LogP contribution in [-0.4, -0.2) is 25.3 Å². The van der Waals surface area contributed by atoms with Crippen molar-refractivity contribution in [2.45, 2.75) is 36.8 Å². The van der Waals surface area contributed by atoms with E-state index in [1.54, 1.807) is 6.92 Å². The topological polar surface area (TPSA) is 87.0 Å². The molecule has 0 saturated heterocycles. The molecule has 1 aromatic rings. The number of hydrogen-bond donors (Lipinski definition) is 1. The number of nitrogens with zero attached hydrogens (tertiary/aromatic N) is 1. The molecule has 1 aromatic carbocycles. The number of carbonyl (C=O) groups is 1. The lowest BCUT2D eigenvalue weighted by Gasteiger charge is -2.12. The Morgan fingerprint density at radius 3 is 2.81 bits per heavy atom. The van der Waals surface area contributed by atoms with Crippen LogP contribution in [0.1, 0.15) is 32.3 Å². The number of benzene rings is 1. The van der Waals surface area contributed by atoms with Gasteiger partial charge in [-0.05, 0) is 37.3 Å². The summed E-state index contributed by atoms with van der Waals surface area (Å²) in [7, 11) is -3.93. The van der Waals surface area contributed by atoms with Crippen LogP contribution in [0.3, 0.4) is 0 Å². The third-order valence-corrected chi connectivity index (χ3v) is 5.33. The van der Waals surface area contributed by atoms with Crippen LogP contribution in [0.5, 0.6) is 0 Å². The van der Waals surface area contributed by atoms with E-state index < -0.39 is 21.2 Å². The Morgan fingerprint density at radius 2 is 2.19 bits per heavy atom. The van der Waals surface area contributed by atoms with Crippen LogP contribution in [0.2, 0.25) is 0 Å². The first-order valence-corrected chi connectivity index (χ1v) is 9.12. The zero-order valence-corrected chi connectivity index (χ0v) is 13.6. The van der Waals surface area contributed by atoms with Crippen LogP contribution in [0, 0.1) is 11.3 Å². The van der Waals surface area contributed by atoms with Crippen LogP contribution in [-0.2, 0) is 14.8 Å². The summed E-state index contributed by atoms with van der Waals surface area (Å²) < 4.78 is 26.2. The summed E-state index contributed by atoms with van der Waals surface area (Å²) in [5.41, 5.74) is 0.232. The number of sulfonamides is 1. The van der Waals surface area contributed by atoms with E-state index in [9.17, 15) is 13.2 Å². The lowest BCUT2D eigenvalue weighted by molar-refractivity contribution is -0.118. The first-order valence-electron chi connectivity index (χ1n) is 6.59. The van der Waals surface area contributed by atoms with Crippen molar-refractivity contribution >= 4 is 27.7 Å². The second kappa shape index (κ2) is 8.05. The second-order valence-electron chi connectivity index (χ2n) is 4.48. The van der Waals surface area contributed by atoms with Crippen LogP contribution in [0.4, 0.5) is 0 Å². The summed E-state index contributed by atoms with van der Waals surface area (Å²) >= 11 is 1.42. The van der Waals surface area contributed by atoms with Gasteiger partial charge in [-0.1, -0.05) is 19.4 Å². The predicted octanol–water partition coefficient (Wildman–Crippen LogP) is 2.28. The fourth-order valence-electron chi connectivity index (χ4n) is 1.49. The molecular weight excluding hydrogens is 308 g/mol.